The van der Waals surface area contributed by atoms with Gasteiger partial charge in [0.1, 0.15) is 4.21 Å². The van der Waals surface area contributed by atoms with Crippen LogP contribution in [0.15, 0.2) is 40.6 Å². The third-order valence-electron chi connectivity index (χ3n) is 2.79. The van der Waals surface area contributed by atoms with Gasteiger partial charge in [-0.15, -0.1) is 11.3 Å². The molecule has 0 radical (unpaired) electrons. The number of hydrogen-bond acceptors (Lipinski definition) is 4. The van der Waals surface area contributed by atoms with Gasteiger partial charge in [0.2, 0.25) is 0 Å². The number of rotatable bonds is 5. The van der Waals surface area contributed by atoms with Crippen LogP contribution in [0.1, 0.15) is 29.1 Å². The van der Waals surface area contributed by atoms with Gasteiger partial charge in [-0.05, 0) is 49.7 Å². The van der Waals surface area contributed by atoms with E-state index < -0.39 is 10.0 Å². The number of Topliss-reactive ketones (excluding diaryl/α,β-unsaturated/α-hetero) is 1. The molecule has 0 fully saturated rings. The maximum absolute atomic E-state index is 12.2. The van der Waals surface area contributed by atoms with Crippen LogP contribution in [0.3, 0.4) is 0 Å². The van der Waals surface area contributed by atoms with Crippen LogP contribution in [0.4, 0.5) is 5.69 Å². The lowest BCUT2D eigenvalue weighted by atomic mass is 10.1. The van der Waals surface area contributed by atoms with Crippen LogP contribution in [0.2, 0.25) is 0 Å². The minimum atomic E-state index is -3.55. The summed E-state index contributed by atoms with van der Waals surface area (Å²) in [7, 11) is -3.55. The fraction of sp³-hybridized carbons (Fsp3) is 0.214. The first kappa shape index (κ1) is 14.7. The van der Waals surface area contributed by atoms with Gasteiger partial charge in [0.15, 0.2) is 5.78 Å². The van der Waals surface area contributed by atoms with E-state index in [1.54, 1.807) is 30.3 Å². The van der Waals surface area contributed by atoms with Gasteiger partial charge in [-0.2, -0.15) is 0 Å². The molecule has 0 aliphatic heterocycles. The van der Waals surface area contributed by atoms with Crippen molar-refractivity contribution in [2.75, 3.05) is 4.72 Å². The Morgan fingerprint density at radius 3 is 2.30 bits per heavy atom. The second kappa shape index (κ2) is 5.76. The van der Waals surface area contributed by atoms with Crippen molar-refractivity contribution < 1.29 is 13.2 Å². The first-order chi connectivity index (χ1) is 9.42. The zero-order valence-corrected chi connectivity index (χ0v) is 12.8. The highest BCUT2D eigenvalue weighted by atomic mass is 32.2. The molecule has 2 aromatic rings. The average Bonchev–Trinajstić information content (AvgIpc) is 2.88. The Balaban J connectivity index is 2.21. The predicted molar refractivity (Wildman–Crippen MR) is 81.0 cm³/mol. The summed E-state index contributed by atoms with van der Waals surface area (Å²) >= 11 is 1.26. The minimum Gasteiger partial charge on any atom is -0.295 e. The molecule has 0 aliphatic rings. The summed E-state index contributed by atoms with van der Waals surface area (Å²) < 4.78 is 27.2. The number of thiophene rings is 1. The van der Waals surface area contributed by atoms with Crippen molar-refractivity contribution in [3.8, 4) is 0 Å². The number of aryl methyl sites for hydroxylation is 1. The van der Waals surface area contributed by atoms with Crippen LogP contribution < -0.4 is 4.72 Å². The molecule has 0 bridgehead atoms. The van der Waals surface area contributed by atoms with E-state index in [4.69, 9.17) is 0 Å². The first-order valence-electron chi connectivity index (χ1n) is 6.15. The zero-order valence-electron chi connectivity index (χ0n) is 11.2. The molecule has 20 heavy (non-hydrogen) atoms. The van der Waals surface area contributed by atoms with Crippen molar-refractivity contribution in [2.45, 2.75) is 24.5 Å². The average molecular weight is 309 g/mol. The summed E-state index contributed by atoms with van der Waals surface area (Å²) in [6.45, 7) is 3.45. The Hall–Kier alpha value is -1.66. The third-order valence-corrected chi connectivity index (χ3v) is 5.90. The highest BCUT2D eigenvalue weighted by Gasteiger charge is 2.16. The molecule has 2 rings (SSSR count). The van der Waals surface area contributed by atoms with Crippen molar-refractivity contribution in [1.82, 2.24) is 0 Å². The molecular weight excluding hydrogens is 294 g/mol. The molecule has 1 aromatic heterocycles. The summed E-state index contributed by atoms with van der Waals surface area (Å²) in [4.78, 5) is 12.2. The van der Waals surface area contributed by atoms with Crippen LogP contribution in [0.5, 0.6) is 0 Å². The molecule has 106 valence electrons. The fourth-order valence-corrected chi connectivity index (χ4v) is 4.03. The van der Waals surface area contributed by atoms with Gasteiger partial charge in [0, 0.05) is 16.1 Å². The zero-order chi connectivity index (χ0) is 14.8. The molecule has 0 unspecified atom stereocenters. The number of hydrogen-bond donors (Lipinski definition) is 1. The highest BCUT2D eigenvalue weighted by molar-refractivity contribution is 7.94. The second-order valence-electron chi connectivity index (χ2n) is 4.31. The molecule has 0 saturated carbocycles. The van der Waals surface area contributed by atoms with Crippen LogP contribution in [-0.4, -0.2) is 14.2 Å². The van der Waals surface area contributed by atoms with E-state index >= 15 is 0 Å². The molecule has 0 amide bonds. The molecule has 4 nitrogen and oxygen atoms in total. The van der Waals surface area contributed by atoms with E-state index in [1.165, 1.54) is 18.3 Å². The Kier molecular flexibility index (Phi) is 4.25. The molecule has 0 spiro atoms. The van der Waals surface area contributed by atoms with E-state index in [2.05, 4.69) is 4.72 Å². The van der Waals surface area contributed by atoms with Gasteiger partial charge >= 0.3 is 0 Å². The quantitative estimate of drug-likeness (QED) is 0.862. The number of benzene rings is 1. The molecule has 1 aromatic carbocycles. The number of nitrogens with one attached hydrogen (secondary N) is 1. The first-order valence-corrected chi connectivity index (χ1v) is 8.45. The van der Waals surface area contributed by atoms with Crippen LogP contribution in [0.25, 0.3) is 0 Å². The van der Waals surface area contributed by atoms with Crippen molar-refractivity contribution in [1.29, 1.82) is 0 Å². The molecule has 1 heterocycles. The number of anilines is 1. The number of ketones is 1. The summed E-state index contributed by atoms with van der Waals surface area (Å²) in [6.07, 6.45) is 0.813. The summed E-state index contributed by atoms with van der Waals surface area (Å²) in [5.74, 6) is -0.0507. The van der Waals surface area contributed by atoms with Crippen molar-refractivity contribution >= 4 is 32.8 Å². The molecule has 6 heteroatoms. The molecular formula is C14H15NO3S2. The monoisotopic (exact) mass is 309 g/mol. The van der Waals surface area contributed by atoms with Crippen LogP contribution in [-0.2, 0) is 16.4 Å². The van der Waals surface area contributed by atoms with Gasteiger partial charge < -0.3 is 0 Å². The Bertz CT molecular complexity index is 715. The predicted octanol–water partition coefficient (Wildman–Crippen LogP) is 3.31. The Morgan fingerprint density at radius 1 is 1.15 bits per heavy atom. The van der Waals surface area contributed by atoms with Crippen LogP contribution in [0, 0.1) is 0 Å². The topological polar surface area (TPSA) is 63.2 Å². The summed E-state index contributed by atoms with van der Waals surface area (Å²) in [6, 6.07) is 9.80. The fourth-order valence-electron chi connectivity index (χ4n) is 1.67. The summed E-state index contributed by atoms with van der Waals surface area (Å²) in [5, 5.41) is 0. The lowest BCUT2D eigenvalue weighted by Crippen LogP contribution is -2.11. The summed E-state index contributed by atoms with van der Waals surface area (Å²) in [5.41, 5.74) is 0.999. The van der Waals surface area contributed by atoms with E-state index in [-0.39, 0.29) is 5.78 Å². The van der Waals surface area contributed by atoms with Gasteiger partial charge in [0.25, 0.3) is 10.0 Å². The smallest absolute Gasteiger partial charge is 0.271 e. The highest BCUT2D eigenvalue weighted by Crippen LogP contribution is 2.24. The largest absolute Gasteiger partial charge is 0.295 e. The maximum Gasteiger partial charge on any atom is 0.271 e. The van der Waals surface area contributed by atoms with Crippen molar-refractivity contribution in [2.24, 2.45) is 0 Å². The lowest BCUT2D eigenvalue weighted by molar-refractivity contribution is 0.101. The van der Waals surface area contributed by atoms with E-state index in [0.29, 0.717) is 15.5 Å². The van der Waals surface area contributed by atoms with Crippen molar-refractivity contribution in [3.05, 3.63) is 46.8 Å². The van der Waals surface area contributed by atoms with E-state index in [1.807, 2.05) is 13.0 Å². The van der Waals surface area contributed by atoms with Gasteiger partial charge in [-0.1, -0.05) is 6.92 Å². The third kappa shape index (κ3) is 3.26. The number of carbonyl (C=O) groups is 1. The van der Waals surface area contributed by atoms with Crippen LogP contribution >= 0.6 is 11.3 Å². The molecule has 0 aliphatic carbocycles. The second-order valence-corrected chi connectivity index (χ2v) is 7.39. The molecule has 0 atom stereocenters. The Morgan fingerprint density at radius 2 is 1.80 bits per heavy atom. The normalized spacial score (nSPS) is 11.3. The van der Waals surface area contributed by atoms with Crippen molar-refractivity contribution in [3.63, 3.8) is 0 Å². The molecule has 1 N–H and O–H groups in total. The minimum absolute atomic E-state index is 0.0507. The Labute approximate surface area is 122 Å². The standard InChI is InChI=1S/C14H15NO3S2/c1-3-13-8-9-14(19-13)20(17,18)15-12-6-4-11(5-7-12)10(2)16/h4-9,15H,3H2,1-2H3. The SMILES string of the molecule is CCc1ccc(S(=O)(=O)Nc2ccc(C(C)=O)cc2)s1. The lowest BCUT2D eigenvalue weighted by Gasteiger charge is -2.06. The van der Waals surface area contributed by atoms with E-state index in [9.17, 15) is 13.2 Å². The maximum atomic E-state index is 12.2. The number of sulfonamides is 1. The van der Waals surface area contributed by atoms with Gasteiger partial charge in [-0.25, -0.2) is 8.42 Å². The molecule has 0 saturated heterocycles. The van der Waals surface area contributed by atoms with Gasteiger partial charge in [-0.3, -0.25) is 9.52 Å². The number of carbonyl (C=O) groups excluding carboxylic acids is 1. The van der Waals surface area contributed by atoms with Gasteiger partial charge in [0.05, 0.1) is 0 Å². The van der Waals surface area contributed by atoms with E-state index in [0.717, 1.165) is 11.3 Å².